The molecular formula is C12H17NO2. The van der Waals surface area contributed by atoms with Crippen LogP contribution in [-0.4, -0.2) is 16.6 Å². The van der Waals surface area contributed by atoms with Crippen molar-refractivity contribution in [2.45, 2.75) is 39.7 Å². The minimum absolute atomic E-state index is 0.363. The van der Waals surface area contributed by atoms with Gasteiger partial charge in [0.25, 0.3) is 0 Å². The number of aromatic nitrogens is 1. The topological polar surface area (TPSA) is 39.2 Å². The number of hydrogen-bond acceptors (Lipinski definition) is 3. The normalized spacial score (nSPS) is 11.2. The molecule has 1 heterocycles. The van der Waals surface area contributed by atoms with Crippen LogP contribution in [0.25, 0.3) is 0 Å². The molecule has 0 spiro atoms. The van der Waals surface area contributed by atoms with E-state index < -0.39 is 5.60 Å². The molecular weight excluding hydrogens is 190 g/mol. The zero-order valence-electron chi connectivity index (χ0n) is 9.70. The Morgan fingerprint density at radius 1 is 1.40 bits per heavy atom. The van der Waals surface area contributed by atoms with Crippen molar-refractivity contribution in [3.8, 4) is 0 Å². The molecule has 3 heteroatoms. The van der Waals surface area contributed by atoms with Gasteiger partial charge >= 0.3 is 5.97 Å². The number of carbonyl (C=O) groups is 1. The summed E-state index contributed by atoms with van der Waals surface area (Å²) in [5.41, 5.74) is 0.809. The van der Waals surface area contributed by atoms with Crippen molar-refractivity contribution in [1.29, 1.82) is 0 Å². The van der Waals surface area contributed by atoms with Gasteiger partial charge in [0.05, 0.1) is 0 Å². The van der Waals surface area contributed by atoms with Crippen LogP contribution in [0.2, 0.25) is 0 Å². The number of carbonyl (C=O) groups excluding carboxylic acids is 1. The summed E-state index contributed by atoms with van der Waals surface area (Å²) in [6, 6.07) is 5.40. The Kier molecular flexibility index (Phi) is 3.45. The Bertz CT molecular complexity index is 353. The predicted octanol–water partition coefficient (Wildman–Crippen LogP) is 2.60. The summed E-state index contributed by atoms with van der Waals surface area (Å²) < 4.78 is 5.22. The average molecular weight is 207 g/mol. The van der Waals surface area contributed by atoms with Crippen molar-refractivity contribution in [3.63, 3.8) is 0 Å². The molecule has 3 nitrogen and oxygen atoms in total. The van der Waals surface area contributed by atoms with Crippen molar-refractivity contribution < 1.29 is 9.53 Å². The van der Waals surface area contributed by atoms with Crippen LogP contribution in [0.5, 0.6) is 0 Å². The van der Waals surface area contributed by atoms with Gasteiger partial charge in [-0.15, -0.1) is 0 Å². The smallest absolute Gasteiger partial charge is 0.357 e. The minimum Gasteiger partial charge on any atom is -0.455 e. The summed E-state index contributed by atoms with van der Waals surface area (Å²) in [4.78, 5) is 15.8. The maximum atomic E-state index is 11.6. The molecule has 0 aliphatic heterocycles. The fourth-order valence-corrected chi connectivity index (χ4v) is 1.12. The number of aryl methyl sites for hydroxylation is 1. The van der Waals surface area contributed by atoms with Gasteiger partial charge in [-0.1, -0.05) is 13.0 Å². The van der Waals surface area contributed by atoms with Gasteiger partial charge in [-0.25, -0.2) is 9.78 Å². The molecule has 0 saturated heterocycles. The van der Waals surface area contributed by atoms with E-state index in [1.807, 2.05) is 39.8 Å². The molecule has 0 saturated carbocycles. The highest BCUT2D eigenvalue weighted by Crippen LogP contribution is 2.11. The maximum absolute atomic E-state index is 11.6. The third-order valence-corrected chi connectivity index (χ3v) is 1.78. The van der Waals surface area contributed by atoms with Gasteiger partial charge in [-0.3, -0.25) is 0 Å². The van der Waals surface area contributed by atoms with E-state index in [-0.39, 0.29) is 5.97 Å². The lowest BCUT2D eigenvalue weighted by molar-refractivity contribution is 0.00626. The second kappa shape index (κ2) is 4.43. The second-order valence-electron chi connectivity index (χ2n) is 4.37. The van der Waals surface area contributed by atoms with E-state index in [0.29, 0.717) is 5.69 Å². The van der Waals surface area contributed by atoms with Crippen LogP contribution < -0.4 is 0 Å². The molecule has 1 aromatic heterocycles. The molecule has 0 fully saturated rings. The molecule has 15 heavy (non-hydrogen) atoms. The average Bonchev–Trinajstić information content (AvgIpc) is 2.15. The van der Waals surface area contributed by atoms with Gasteiger partial charge in [-0.05, 0) is 39.3 Å². The molecule has 1 rings (SSSR count). The van der Waals surface area contributed by atoms with Crippen molar-refractivity contribution in [2.75, 3.05) is 0 Å². The standard InChI is InChI=1S/C12H17NO2/c1-5-9-7-6-8-10(13-9)11(14)15-12(2,3)4/h6-8H,5H2,1-4H3. The number of rotatable bonds is 2. The summed E-state index contributed by atoms with van der Waals surface area (Å²) >= 11 is 0. The Morgan fingerprint density at radius 3 is 2.60 bits per heavy atom. The largest absolute Gasteiger partial charge is 0.455 e. The lowest BCUT2D eigenvalue weighted by Gasteiger charge is -2.19. The Hall–Kier alpha value is -1.38. The number of pyridine rings is 1. The summed E-state index contributed by atoms with van der Waals surface area (Å²) in [5, 5.41) is 0. The Labute approximate surface area is 90.5 Å². The minimum atomic E-state index is -0.471. The number of nitrogens with zero attached hydrogens (tertiary/aromatic N) is 1. The van der Waals surface area contributed by atoms with E-state index in [1.54, 1.807) is 6.07 Å². The Morgan fingerprint density at radius 2 is 2.07 bits per heavy atom. The fourth-order valence-electron chi connectivity index (χ4n) is 1.12. The molecule has 0 aliphatic rings. The summed E-state index contributed by atoms with van der Waals surface area (Å²) in [6.07, 6.45) is 0.816. The first-order chi connectivity index (χ1) is 6.92. The second-order valence-corrected chi connectivity index (χ2v) is 4.37. The van der Waals surface area contributed by atoms with Crippen LogP contribution in [0.4, 0.5) is 0 Å². The van der Waals surface area contributed by atoms with Crippen LogP contribution in [0, 0.1) is 0 Å². The molecule has 0 aromatic carbocycles. The Balaban J connectivity index is 2.82. The van der Waals surface area contributed by atoms with E-state index in [2.05, 4.69) is 4.98 Å². The van der Waals surface area contributed by atoms with Crippen LogP contribution in [0.1, 0.15) is 43.9 Å². The quantitative estimate of drug-likeness (QED) is 0.700. The van der Waals surface area contributed by atoms with Gasteiger partial charge in [0.2, 0.25) is 0 Å². The fraction of sp³-hybridized carbons (Fsp3) is 0.500. The highest BCUT2D eigenvalue weighted by atomic mass is 16.6. The van der Waals surface area contributed by atoms with Crippen LogP contribution in [0.3, 0.4) is 0 Å². The molecule has 82 valence electrons. The van der Waals surface area contributed by atoms with Gasteiger partial charge in [0.1, 0.15) is 11.3 Å². The molecule has 1 aromatic rings. The van der Waals surface area contributed by atoms with E-state index in [0.717, 1.165) is 12.1 Å². The third-order valence-electron chi connectivity index (χ3n) is 1.78. The third kappa shape index (κ3) is 3.70. The molecule has 0 N–H and O–H groups in total. The lowest BCUT2D eigenvalue weighted by atomic mass is 10.2. The molecule has 0 radical (unpaired) electrons. The van der Waals surface area contributed by atoms with E-state index >= 15 is 0 Å². The van der Waals surface area contributed by atoms with E-state index in [4.69, 9.17) is 4.74 Å². The molecule has 0 unspecified atom stereocenters. The number of ether oxygens (including phenoxy) is 1. The summed E-state index contributed by atoms with van der Waals surface area (Å²) in [7, 11) is 0. The highest BCUT2D eigenvalue weighted by Gasteiger charge is 2.18. The van der Waals surface area contributed by atoms with Crippen LogP contribution in [-0.2, 0) is 11.2 Å². The van der Waals surface area contributed by atoms with Gasteiger partial charge < -0.3 is 4.74 Å². The zero-order valence-corrected chi connectivity index (χ0v) is 9.70. The van der Waals surface area contributed by atoms with Gasteiger partial charge in [0, 0.05) is 5.69 Å². The van der Waals surface area contributed by atoms with Crippen LogP contribution >= 0.6 is 0 Å². The van der Waals surface area contributed by atoms with E-state index in [1.165, 1.54) is 0 Å². The van der Waals surface area contributed by atoms with Gasteiger partial charge in [-0.2, -0.15) is 0 Å². The van der Waals surface area contributed by atoms with Crippen molar-refractivity contribution in [1.82, 2.24) is 4.98 Å². The monoisotopic (exact) mass is 207 g/mol. The van der Waals surface area contributed by atoms with Crippen molar-refractivity contribution in [2.24, 2.45) is 0 Å². The first kappa shape index (κ1) is 11.7. The number of hydrogen-bond donors (Lipinski definition) is 0. The number of esters is 1. The van der Waals surface area contributed by atoms with Crippen LogP contribution in [0.15, 0.2) is 18.2 Å². The molecule has 0 aliphatic carbocycles. The molecule has 0 atom stereocenters. The molecule has 0 bridgehead atoms. The first-order valence-electron chi connectivity index (χ1n) is 5.11. The summed E-state index contributed by atoms with van der Waals surface area (Å²) in [5.74, 6) is -0.363. The van der Waals surface area contributed by atoms with Gasteiger partial charge in [0.15, 0.2) is 0 Å². The lowest BCUT2D eigenvalue weighted by Crippen LogP contribution is -2.24. The van der Waals surface area contributed by atoms with Crippen molar-refractivity contribution in [3.05, 3.63) is 29.6 Å². The predicted molar refractivity (Wildman–Crippen MR) is 58.8 cm³/mol. The van der Waals surface area contributed by atoms with E-state index in [9.17, 15) is 4.79 Å². The summed E-state index contributed by atoms with van der Waals surface area (Å²) in [6.45, 7) is 7.53. The zero-order chi connectivity index (χ0) is 11.5. The van der Waals surface area contributed by atoms with Crippen molar-refractivity contribution >= 4 is 5.97 Å². The maximum Gasteiger partial charge on any atom is 0.357 e. The first-order valence-corrected chi connectivity index (χ1v) is 5.11. The highest BCUT2D eigenvalue weighted by molar-refractivity contribution is 5.87. The SMILES string of the molecule is CCc1cccc(C(=O)OC(C)(C)C)n1. The molecule has 0 amide bonds.